The summed E-state index contributed by atoms with van der Waals surface area (Å²) < 4.78 is 6.80. The summed E-state index contributed by atoms with van der Waals surface area (Å²) >= 11 is 0. The van der Waals surface area contributed by atoms with Crippen molar-refractivity contribution in [2.75, 3.05) is 0 Å². The van der Waals surface area contributed by atoms with Gasteiger partial charge in [0.25, 0.3) is 0 Å². The fraction of sp³-hybridized carbons (Fsp3) is 0. The second kappa shape index (κ2) is 11.2. The molecule has 4 heteroatoms. The molecule has 0 saturated heterocycles. The van der Waals surface area contributed by atoms with Crippen molar-refractivity contribution in [2.24, 2.45) is 0 Å². The van der Waals surface area contributed by atoms with Crippen LogP contribution in [-0.2, 0) is 0 Å². The number of nitrogens with zero attached hydrogens (tertiary/aromatic N) is 3. The second-order valence-corrected chi connectivity index (χ2v) is 11.6. The zero-order valence-electron chi connectivity index (χ0n) is 25.3. The van der Waals surface area contributed by atoms with Crippen molar-refractivity contribution in [1.82, 2.24) is 15.0 Å². The molecule has 0 aliphatic carbocycles. The Hall–Kier alpha value is -6.39. The number of furan rings is 1. The molecule has 0 fully saturated rings. The van der Waals surface area contributed by atoms with E-state index in [0.29, 0.717) is 17.5 Å². The molecular formula is C43H27N3O. The number of benzene rings is 7. The molecule has 9 aromatic rings. The van der Waals surface area contributed by atoms with Gasteiger partial charge in [0, 0.05) is 38.4 Å². The monoisotopic (exact) mass is 601 g/mol. The Bertz CT molecular complexity index is 2500. The van der Waals surface area contributed by atoms with Gasteiger partial charge in [-0.25, -0.2) is 15.0 Å². The molecule has 2 aromatic heterocycles. The van der Waals surface area contributed by atoms with Crippen LogP contribution in [-0.4, -0.2) is 15.0 Å². The maximum atomic E-state index is 6.80. The third-order valence-electron chi connectivity index (χ3n) is 8.72. The summed E-state index contributed by atoms with van der Waals surface area (Å²) in [6, 6.07) is 56.2. The smallest absolute Gasteiger partial charge is 0.164 e. The van der Waals surface area contributed by atoms with E-state index in [1.165, 1.54) is 16.5 Å². The SMILES string of the molecule is c1ccc(-c2nc(-c3ccccc3)nc(-c3cccc(-c4cccc5c4oc4c6ccccc6c(-c6ccccc6)cc54)c3)n2)cc1. The van der Waals surface area contributed by atoms with Crippen LogP contribution in [0.1, 0.15) is 0 Å². The predicted molar refractivity (Wildman–Crippen MR) is 192 cm³/mol. The van der Waals surface area contributed by atoms with Crippen LogP contribution in [0.5, 0.6) is 0 Å². The van der Waals surface area contributed by atoms with Crippen LogP contribution in [0.3, 0.4) is 0 Å². The van der Waals surface area contributed by atoms with Gasteiger partial charge in [0.1, 0.15) is 11.2 Å². The minimum absolute atomic E-state index is 0.620. The minimum Gasteiger partial charge on any atom is -0.455 e. The predicted octanol–water partition coefficient (Wildman–Crippen LogP) is 11.3. The third kappa shape index (κ3) is 4.75. The van der Waals surface area contributed by atoms with Crippen molar-refractivity contribution in [2.45, 2.75) is 0 Å². The highest BCUT2D eigenvalue weighted by molar-refractivity contribution is 6.20. The summed E-state index contributed by atoms with van der Waals surface area (Å²) in [7, 11) is 0. The summed E-state index contributed by atoms with van der Waals surface area (Å²) in [5, 5.41) is 4.47. The van der Waals surface area contributed by atoms with Crippen molar-refractivity contribution >= 4 is 32.7 Å². The van der Waals surface area contributed by atoms with E-state index in [1.54, 1.807) is 0 Å². The number of aromatic nitrogens is 3. The molecule has 7 aromatic carbocycles. The van der Waals surface area contributed by atoms with Gasteiger partial charge in [-0.05, 0) is 34.2 Å². The summed E-state index contributed by atoms with van der Waals surface area (Å²) in [6.07, 6.45) is 0. The first kappa shape index (κ1) is 27.0. The van der Waals surface area contributed by atoms with Gasteiger partial charge in [-0.15, -0.1) is 0 Å². The van der Waals surface area contributed by atoms with Crippen molar-refractivity contribution in [1.29, 1.82) is 0 Å². The van der Waals surface area contributed by atoms with Crippen molar-refractivity contribution < 1.29 is 4.42 Å². The molecule has 0 unspecified atom stereocenters. The van der Waals surface area contributed by atoms with E-state index in [0.717, 1.165) is 55.1 Å². The molecule has 9 rings (SSSR count). The van der Waals surface area contributed by atoms with Gasteiger partial charge in [0.2, 0.25) is 0 Å². The molecule has 0 radical (unpaired) electrons. The average Bonchev–Trinajstić information content (AvgIpc) is 3.55. The fourth-order valence-corrected chi connectivity index (χ4v) is 6.47. The Morgan fingerprint density at radius 3 is 1.43 bits per heavy atom. The van der Waals surface area contributed by atoms with Gasteiger partial charge < -0.3 is 4.42 Å². The average molecular weight is 602 g/mol. The van der Waals surface area contributed by atoms with Crippen molar-refractivity contribution in [3.05, 3.63) is 164 Å². The zero-order chi connectivity index (χ0) is 31.2. The van der Waals surface area contributed by atoms with Crippen molar-refractivity contribution in [3.8, 4) is 56.4 Å². The highest BCUT2D eigenvalue weighted by atomic mass is 16.3. The summed E-state index contributed by atoms with van der Waals surface area (Å²) in [6.45, 7) is 0. The molecule has 2 heterocycles. The molecule has 47 heavy (non-hydrogen) atoms. The van der Waals surface area contributed by atoms with Gasteiger partial charge in [0.15, 0.2) is 17.5 Å². The topological polar surface area (TPSA) is 51.8 Å². The van der Waals surface area contributed by atoms with Gasteiger partial charge in [0.05, 0.1) is 0 Å². The first-order valence-electron chi connectivity index (χ1n) is 15.7. The normalized spacial score (nSPS) is 11.4. The first-order valence-corrected chi connectivity index (χ1v) is 15.7. The van der Waals surface area contributed by atoms with E-state index in [2.05, 4.69) is 103 Å². The molecular weight excluding hydrogens is 574 g/mol. The van der Waals surface area contributed by atoms with Gasteiger partial charge in [-0.2, -0.15) is 0 Å². The molecule has 220 valence electrons. The van der Waals surface area contributed by atoms with Crippen LogP contribution in [0.2, 0.25) is 0 Å². The second-order valence-electron chi connectivity index (χ2n) is 11.6. The number of rotatable bonds is 5. The summed E-state index contributed by atoms with van der Waals surface area (Å²) in [5.74, 6) is 1.90. The van der Waals surface area contributed by atoms with Crippen LogP contribution >= 0.6 is 0 Å². The molecule has 4 nitrogen and oxygen atoms in total. The number of fused-ring (bicyclic) bond motifs is 5. The number of hydrogen-bond acceptors (Lipinski definition) is 4. The van der Waals surface area contributed by atoms with Crippen LogP contribution in [0.15, 0.2) is 168 Å². The quantitative estimate of drug-likeness (QED) is 0.197. The molecule has 0 aliphatic rings. The fourth-order valence-electron chi connectivity index (χ4n) is 6.47. The van der Waals surface area contributed by atoms with Crippen LogP contribution in [0.25, 0.3) is 89.1 Å². The Balaban J connectivity index is 1.22. The maximum Gasteiger partial charge on any atom is 0.164 e. The van der Waals surface area contributed by atoms with Gasteiger partial charge in [-0.1, -0.05) is 152 Å². The van der Waals surface area contributed by atoms with E-state index in [4.69, 9.17) is 19.4 Å². The molecule has 0 amide bonds. The molecule has 0 aliphatic heterocycles. The molecule has 0 spiro atoms. The Labute approximate surface area is 271 Å². The lowest BCUT2D eigenvalue weighted by atomic mass is 9.95. The van der Waals surface area contributed by atoms with Gasteiger partial charge >= 0.3 is 0 Å². The van der Waals surface area contributed by atoms with Crippen LogP contribution in [0.4, 0.5) is 0 Å². The summed E-state index contributed by atoms with van der Waals surface area (Å²) in [5.41, 5.74) is 8.99. The summed E-state index contributed by atoms with van der Waals surface area (Å²) in [4.78, 5) is 14.8. The van der Waals surface area contributed by atoms with E-state index in [1.807, 2.05) is 60.7 Å². The van der Waals surface area contributed by atoms with E-state index >= 15 is 0 Å². The van der Waals surface area contributed by atoms with E-state index in [-0.39, 0.29) is 0 Å². The van der Waals surface area contributed by atoms with E-state index < -0.39 is 0 Å². The minimum atomic E-state index is 0.620. The lowest BCUT2D eigenvalue weighted by molar-refractivity contribution is 0.674. The maximum absolute atomic E-state index is 6.80. The molecule has 0 N–H and O–H groups in total. The standard InChI is InChI=1S/C43H27N3O/c1-4-14-28(15-5-1)37-27-38-36-25-13-24-33(39(36)47-40(38)35-23-11-10-22-34(35)37)31-20-12-21-32(26-31)43-45-41(29-16-6-2-7-17-29)44-42(46-43)30-18-8-3-9-19-30/h1-27H. The Kier molecular flexibility index (Phi) is 6.43. The molecule has 0 saturated carbocycles. The highest BCUT2D eigenvalue weighted by Crippen LogP contribution is 2.42. The Morgan fingerprint density at radius 1 is 0.298 bits per heavy atom. The lowest BCUT2D eigenvalue weighted by Gasteiger charge is -2.10. The van der Waals surface area contributed by atoms with Gasteiger partial charge in [-0.3, -0.25) is 0 Å². The largest absolute Gasteiger partial charge is 0.455 e. The lowest BCUT2D eigenvalue weighted by Crippen LogP contribution is -2.00. The molecule has 0 bridgehead atoms. The zero-order valence-corrected chi connectivity index (χ0v) is 25.3. The number of hydrogen-bond donors (Lipinski definition) is 0. The molecule has 0 atom stereocenters. The number of para-hydroxylation sites is 1. The third-order valence-corrected chi connectivity index (χ3v) is 8.72. The Morgan fingerprint density at radius 2 is 0.766 bits per heavy atom. The van der Waals surface area contributed by atoms with Crippen LogP contribution < -0.4 is 0 Å². The first-order chi connectivity index (χ1) is 23.3. The van der Waals surface area contributed by atoms with Crippen LogP contribution in [0, 0.1) is 0 Å². The van der Waals surface area contributed by atoms with E-state index in [9.17, 15) is 0 Å². The highest BCUT2D eigenvalue weighted by Gasteiger charge is 2.18. The van der Waals surface area contributed by atoms with Crippen molar-refractivity contribution in [3.63, 3.8) is 0 Å².